The third kappa shape index (κ3) is 4.89. The molecule has 0 aliphatic heterocycles. The molecule has 1 rings (SSSR count). The number of hydrogen-bond donors (Lipinski definition) is 0. The molecule has 4 heteroatoms. The summed E-state index contributed by atoms with van der Waals surface area (Å²) in [4.78, 5) is 0. The first kappa shape index (κ1) is 14.8. The van der Waals surface area contributed by atoms with Gasteiger partial charge in [-0.1, -0.05) is 13.8 Å². The molecule has 1 atom stereocenters. The Bertz CT molecular complexity index is 416. The van der Waals surface area contributed by atoms with Gasteiger partial charge >= 0.3 is 0 Å². The highest BCUT2D eigenvalue weighted by Crippen LogP contribution is 2.28. The maximum absolute atomic E-state index is 9.05. The van der Waals surface area contributed by atoms with Crippen molar-refractivity contribution in [2.75, 3.05) is 0 Å². The molecule has 0 aliphatic carbocycles. The van der Waals surface area contributed by atoms with E-state index < -0.39 is 0 Å². The maximum Gasteiger partial charge on any atom is 0.121 e. The van der Waals surface area contributed by atoms with Crippen molar-refractivity contribution in [1.29, 1.82) is 5.26 Å². The molecule has 0 spiro atoms. The highest BCUT2D eigenvalue weighted by atomic mass is 127. The van der Waals surface area contributed by atoms with Crippen LogP contribution < -0.4 is 0 Å². The first-order valence-corrected chi connectivity index (χ1v) is 7.25. The Kier molecular flexibility index (Phi) is 5.33. The Morgan fingerprint density at radius 2 is 2.24 bits per heavy atom. The minimum absolute atomic E-state index is 0.164. The van der Waals surface area contributed by atoms with Gasteiger partial charge in [-0.25, -0.2) is 0 Å². The van der Waals surface area contributed by atoms with Crippen LogP contribution in [0, 0.1) is 20.3 Å². The lowest BCUT2D eigenvalue weighted by molar-refractivity contribution is 0.274. The molecule has 94 valence electrons. The predicted molar refractivity (Wildman–Crippen MR) is 80.2 cm³/mol. The molecule has 0 amide bonds. The average Bonchev–Trinajstić information content (AvgIpc) is 2.55. The number of hydrogen-bond acceptors (Lipinski definition) is 1. The average molecular weight is 365 g/mol. The van der Waals surface area contributed by atoms with Gasteiger partial charge in [-0.3, -0.25) is 0 Å². The van der Waals surface area contributed by atoms with E-state index in [4.69, 9.17) is 16.9 Å². The van der Waals surface area contributed by atoms with Gasteiger partial charge in [-0.15, -0.1) is 11.6 Å². The van der Waals surface area contributed by atoms with Crippen LogP contribution in [0.2, 0.25) is 0 Å². The zero-order chi connectivity index (χ0) is 13.1. The van der Waals surface area contributed by atoms with E-state index >= 15 is 0 Å². The van der Waals surface area contributed by atoms with E-state index in [1.165, 1.54) is 0 Å². The van der Waals surface area contributed by atoms with Crippen LogP contribution in [0.15, 0.2) is 12.3 Å². The first-order valence-electron chi connectivity index (χ1n) is 5.74. The van der Waals surface area contributed by atoms with Crippen molar-refractivity contribution in [3.8, 4) is 6.07 Å². The lowest BCUT2D eigenvalue weighted by Crippen LogP contribution is -2.21. The molecule has 1 unspecified atom stereocenters. The van der Waals surface area contributed by atoms with Gasteiger partial charge in [0.25, 0.3) is 0 Å². The van der Waals surface area contributed by atoms with Crippen molar-refractivity contribution < 1.29 is 0 Å². The zero-order valence-corrected chi connectivity index (χ0v) is 13.4. The molecule has 2 nitrogen and oxygen atoms in total. The van der Waals surface area contributed by atoms with E-state index in [-0.39, 0.29) is 10.8 Å². The second-order valence-electron chi connectivity index (χ2n) is 5.27. The standard InChI is InChI=1S/C13H18ClIN2/c1-10(14)4-5-13(2,3)9-17-8-11(15)6-12(17)7-16/h6,8,10H,4-5,9H2,1-3H3. The van der Waals surface area contributed by atoms with Crippen molar-refractivity contribution in [2.24, 2.45) is 5.41 Å². The molecule has 0 saturated heterocycles. The van der Waals surface area contributed by atoms with E-state index in [1.54, 1.807) is 0 Å². The quantitative estimate of drug-likeness (QED) is 0.562. The van der Waals surface area contributed by atoms with Crippen LogP contribution in [0.3, 0.4) is 0 Å². The number of halogens is 2. The molecule has 0 N–H and O–H groups in total. The van der Waals surface area contributed by atoms with Gasteiger partial charge in [0.1, 0.15) is 11.8 Å². The van der Waals surface area contributed by atoms with Gasteiger partial charge in [0.2, 0.25) is 0 Å². The van der Waals surface area contributed by atoms with Crippen LogP contribution in [0.1, 0.15) is 39.3 Å². The van der Waals surface area contributed by atoms with Crippen molar-refractivity contribution in [3.05, 3.63) is 21.5 Å². The van der Waals surface area contributed by atoms with Crippen molar-refractivity contribution in [1.82, 2.24) is 4.57 Å². The van der Waals surface area contributed by atoms with Gasteiger partial charge in [0, 0.05) is 21.7 Å². The molecular weight excluding hydrogens is 347 g/mol. The largest absolute Gasteiger partial charge is 0.338 e. The predicted octanol–water partition coefficient (Wildman–Crippen LogP) is 4.40. The first-order chi connectivity index (χ1) is 7.84. The van der Waals surface area contributed by atoms with Gasteiger partial charge in [0.15, 0.2) is 0 Å². The molecule has 0 aromatic carbocycles. The highest BCUT2D eigenvalue weighted by molar-refractivity contribution is 14.1. The third-order valence-electron chi connectivity index (χ3n) is 2.80. The maximum atomic E-state index is 9.05. The lowest BCUT2D eigenvalue weighted by Gasteiger charge is -2.26. The number of alkyl halides is 1. The number of aromatic nitrogens is 1. The van der Waals surface area contributed by atoms with Crippen LogP contribution in [-0.4, -0.2) is 9.94 Å². The van der Waals surface area contributed by atoms with Crippen LogP contribution >= 0.6 is 34.2 Å². The number of nitriles is 1. The Balaban J connectivity index is 2.72. The molecule has 0 fully saturated rings. The molecule has 1 aromatic rings. The Morgan fingerprint density at radius 3 is 2.76 bits per heavy atom. The lowest BCUT2D eigenvalue weighted by atomic mass is 9.87. The molecule has 0 saturated carbocycles. The minimum atomic E-state index is 0.164. The minimum Gasteiger partial charge on any atom is -0.338 e. The second kappa shape index (κ2) is 6.10. The van der Waals surface area contributed by atoms with Crippen molar-refractivity contribution in [3.63, 3.8) is 0 Å². The summed E-state index contributed by atoms with van der Waals surface area (Å²) in [5.74, 6) is 0. The van der Waals surface area contributed by atoms with Crippen LogP contribution in [0.5, 0.6) is 0 Å². The fourth-order valence-electron chi connectivity index (χ4n) is 1.83. The summed E-state index contributed by atoms with van der Waals surface area (Å²) in [6.07, 6.45) is 4.11. The summed E-state index contributed by atoms with van der Waals surface area (Å²) in [6.45, 7) is 7.33. The molecule has 17 heavy (non-hydrogen) atoms. The van der Waals surface area contributed by atoms with Crippen molar-refractivity contribution >= 4 is 34.2 Å². The van der Waals surface area contributed by atoms with E-state index in [9.17, 15) is 0 Å². The smallest absolute Gasteiger partial charge is 0.121 e. The van der Waals surface area contributed by atoms with Gasteiger partial charge in [0.05, 0.1) is 0 Å². The molecule has 0 aliphatic rings. The van der Waals surface area contributed by atoms with Gasteiger partial charge in [-0.05, 0) is 53.8 Å². The molecule has 1 heterocycles. The van der Waals surface area contributed by atoms with E-state index in [1.807, 2.05) is 23.8 Å². The normalized spacial score (nSPS) is 13.4. The SMILES string of the molecule is CC(Cl)CCC(C)(C)Cn1cc(I)cc1C#N. The fraction of sp³-hybridized carbons (Fsp3) is 0.615. The number of nitrogens with zero attached hydrogens (tertiary/aromatic N) is 2. The second-order valence-corrected chi connectivity index (χ2v) is 7.26. The zero-order valence-electron chi connectivity index (χ0n) is 10.5. The van der Waals surface area contributed by atoms with Gasteiger partial charge in [-0.2, -0.15) is 5.26 Å². The summed E-state index contributed by atoms with van der Waals surface area (Å²) in [5.41, 5.74) is 0.901. The van der Waals surface area contributed by atoms with Crippen LogP contribution in [0.25, 0.3) is 0 Å². The third-order valence-corrected chi connectivity index (χ3v) is 3.60. The molecule has 0 bridgehead atoms. The highest BCUT2D eigenvalue weighted by Gasteiger charge is 2.20. The Hall–Kier alpha value is -0.210. The summed E-state index contributed by atoms with van der Waals surface area (Å²) in [5, 5.41) is 9.27. The Labute approximate surface area is 122 Å². The van der Waals surface area contributed by atoms with E-state index in [2.05, 4.69) is 42.5 Å². The fourth-order valence-corrected chi connectivity index (χ4v) is 2.57. The molecule has 0 radical (unpaired) electrons. The van der Waals surface area contributed by atoms with Crippen molar-refractivity contribution in [2.45, 2.75) is 45.5 Å². The monoisotopic (exact) mass is 364 g/mol. The van der Waals surface area contributed by atoms with Crippen LogP contribution in [0.4, 0.5) is 0 Å². The molecular formula is C13H18ClIN2. The van der Waals surface area contributed by atoms with Gasteiger partial charge < -0.3 is 4.57 Å². The number of rotatable bonds is 5. The van der Waals surface area contributed by atoms with E-state index in [0.29, 0.717) is 0 Å². The summed E-state index contributed by atoms with van der Waals surface area (Å²) in [7, 11) is 0. The van der Waals surface area contributed by atoms with E-state index in [0.717, 1.165) is 28.7 Å². The summed E-state index contributed by atoms with van der Waals surface area (Å²) in [6, 6.07) is 4.15. The summed E-state index contributed by atoms with van der Waals surface area (Å²) >= 11 is 8.23. The Morgan fingerprint density at radius 1 is 1.59 bits per heavy atom. The van der Waals surface area contributed by atoms with Crippen LogP contribution in [-0.2, 0) is 6.54 Å². The summed E-state index contributed by atoms with van der Waals surface area (Å²) < 4.78 is 3.15. The molecule has 1 aromatic heterocycles. The topological polar surface area (TPSA) is 28.7 Å².